The van der Waals surface area contributed by atoms with Gasteiger partial charge in [0.15, 0.2) is 5.78 Å². The second kappa shape index (κ2) is 8.00. The van der Waals surface area contributed by atoms with Gasteiger partial charge in [0.2, 0.25) is 5.91 Å². The number of hydrogen-bond donors (Lipinski definition) is 1. The van der Waals surface area contributed by atoms with E-state index in [4.69, 9.17) is 0 Å². The van der Waals surface area contributed by atoms with Crippen molar-refractivity contribution >= 4 is 44.1 Å². The Labute approximate surface area is 139 Å². The Morgan fingerprint density at radius 1 is 0.955 bits per heavy atom. The van der Waals surface area contributed by atoms with E-state index in [1.54, 1.807) is 48.5 Å². The molecule has 4 nitrogen and oxygen atoms in total. The fourth-order valence-electron chi connectivity index (χ4n) is 1.78. The molecule has 0 fully saturated rings. The third kappa shape index (κ3) is 5.20. The quantitative estimate of drug-likeness (QED) is 0.784. The average molecular weight is 380 g/mol. The van der Waals surface area contributed by atoms with E-state index < -0.39 is 10.8 Å². The van der Waals surface area contributed by atoms with E-state index in [-0.39, 0.29) is 23.2 Å². The summed E-state index contributed by atoms with van der Waals surface area (Å²) in [4.78, 5) is 23.7. The lowest BCUT2D eigenvalue weighted by molar-refractivity contribution is -0.113. The number of hydrogen-bond acceptors (Lipinski definition) is 3. The van der Waals surface area contributed by atoms with Gasteiger partial charge >= 0.3 is 0 Å². The van der Waals surface area contributed by atoms with Crippen molar-refractivity contribution in [1.29, 1.82) is 0 Å². The Kier molecular flexibility index (Phi) is 6.03. The summed E-state index contributed by atoms with van der Waals surface area (Å²) in [7, 11) is -1.53. The van der Waals surface area contributed by atoms with Gasteiger partial charge in [0.25, 0.3) is 0 Å². The molecule has 1 amide bonds. The number of ketones is 1. The van der Waals surface area contributed by atoms with Gasteiger partial charge in [-0.3, -0.25) is 13.8 Å². The fraction of sp³-hybridized carbons (Fsp3) is 0.125. The topological polar surface area (TPSA) is 63.2 Å². The Morgan fingerprint density at radius 2 is 1.59 bits per heavy atom. The van der Waals surface area contributed by atoms with Crippen LogP contribution in [-0.2, 0) is 15.6 Å². The normalized spacial score (nSPS) is 11.7. The van der Waals surface area contributed by atoms with Crippen LogP contribution < -0.4 is 5.32 Å². The van der Waals surface area contributed by atoms with Crippen molar-refractivity contribution in [1.82, 2.24) is 0 Å². The summed E-state index contributed by atoms with van der Waals surface area (Å²) in [5.41, 5.74) is 1.13. The number of carbonyl (C=O) groups is 2. The Bertz CT molecular complexity index is 686. The van der Waals surface area contributed by atoms with E-state index >= 15 is 0 Å². The average Bonchev–Trinajstić information content (AvgIpc) is 2.48. The highest BCUT2D eigenvalue weighted by Gasteiger charge is 2.14. The monoisotopic (exact) mass is 379 g/mol. The summed E-state index contributed by atoms with van der Waals surface area (Å²) in [5, 5.41) is 2.64. The fourth-order valence-corrected chi connectivity index (χ4v) is 2.97. The molecule has 0 bridgehead atoms. The first-order valence-corrected chi connectivity index (χ1v) is 8.81. The number of amides is 1. The van der Waals surface area contributed by atoms with Crippen LogP contribution in [0.1, 0.15) is 10.4 Å². The minimum Gasteiger partial charge on any atom is -0.325 e. The molecule has 0 heterocycles. The molecule has 0 aliphatic carbocycles. The van der Waals surface area contributed by atoms with Crippen molar-refractivity contribution in [2.45, 2.75) is 0 Å². The highest BCUT2D eigenvalue weighted by atomic mass is 79.9. The molecule has 2 aromatic carbocycles. The summed E-state index contributed by atoms with van der Waals surface area (Å²) in [6.07, 6.45) is 0. The molecule has 1 N–H and O–H groups in total. The van der Waals surface area contributed by atoms with Crippen LogP contribution >= 0.6 is 15.9 Å². The molecule has 0 saturated carbocycles. The van der Waals surface area contributed by atoms with Crippen LogP contribution in [0, 0.1) is 0 Å². The molecule has 0 aliphatic rings. The summed E-state index contributed by atoms with van der Waals surface area (Å²) in [6.45, 7) is 0. The zero-order valence-corrected chi connectivity index (χ0v) is 14.0. The summed E-state index contributed by atoms with van der Waals surface area (Å²) < 4.78 is 12.8. The van der Waals surface area contributed by atoms with Gasteiger partial charge in [-0.25, -0.2) is 0 Å². The lowest BCUT2D eigenvalue weighted by Gasteiger charge is -2.05. The maximum atomic E-state index is 12.0. The van der Waals surface area contributed by atoms with E-state index in [1.807, 2.05) is 6.07 Å². The Balaban J connectivity index is 1.86. The number of carbonyl (C=O) groups excluding carboxylic acids is 2. The molecule has 1 atom stereocenters. The van der Waals surface area contributed by atoms with E-state index in [9.17, 15) is 13.8 Å². The maximum Gasteiger partial charge on any atom is 0.237 e. The largest absolute Gasteiger partial charge is 0.325 e. The van der Waals surface area contributed by atoms with Gasteiger partial charge in [-0.05, 0) is 24.3 Å². The van der Waals surface area contributed by atoms with Crippen molar-refractivity contribution < 1.29 is 13.8 Å². The third-order valence-electron chi connectivity index (χ3n) is 2.81. The zero-order valence-electron chi connectivity index (χ0n) is 11.6. The predicted octanol–water partition coefficient (Wildman–Crippen LogP) is 3.02. The molecule has 0 aliphatic heterocycles. The molecule has 22 heavy (non-hydrogen) atoms. The number of benzene rings is 2. The maximum absolute atomic E-state index is 12.0. The zero-order chi connectivity index (χ0) is 15.9. The molecular formula is C16H14BrNO3S. The molecule has 2 aromatic rings. The van der Waals surface area contributed by atoms with Crippen LogP contribution in [0.5, 0.6) is 0 Å². The van der Waals surface area contributed by atoms with Crippen LogP contribution in [0.3, 0.4) is 0 Å². The third-order valence-corrected chi connectivity index (χ3v) is 4.50. The molecule has 0 spiro atoms. The molecule has 0 aromatic heterocycles. The van der Waals surface area contributed by atoms with Gasteiger partial charge in [-0.2, -0.15) is 0 Å². The van der Waals surface area contributed by atoms with Crippen molar-refractivity contribution in [2.75, 3.05) is 16.8 Å². The lowest BCUT2D eigenvalue weighted by Crippen LogP contribution is -2.23. The lowest BCUT2D eigenvalue weighted by atomic mass is 10.2. The van der Waals surface area contributed by atoms with Gasteiger partial charge in [0.1, 0.15) is 5.75 Å². The van der Waals surface area contributed by atoms with Gasteiger partial charge < -0.3 is 5.32 Å². The van der Waals surface area contributed by atoms with E-state index in [0.717, 1.165) is 4.47 Å². The molecule has 114 valence electrons. The molecule has 0 radical (unpaired) electrons. The summed E-state index contributed by atoms with van der Waals surface area (Å²) in [6, 6.07) is 15.7. The number of para-hydroxylation sites is 1. The first-order chi connectivity index (χ1) is 10.5. The van der Waals surface area contributed by atoms with Gasteiger partial charge in [0, 0.05) is 26.5 Å². The van der Waals surface area contributed by atoms with Gasteiger partial charge in [-0.15, -0.1) is 0 Å². The highest BCUT2D eigenvalue weighted by Crippen LogP contribution is 2.11. The number of Topliss-reactive ketones (excluding diaryl/α,β-unsaturated/α-hetero) is 1. The highest BCUT2D eigenvalue weighted by molar-refractivity contribution is 9.10. The number of rotatable bonds is 6. The second-order valence-electron chi connectivity index (χ2n) is 4.57. The minimum absolute atomic E-state index is 0.163. The SMILES string of the molecule is O=C(CS(=O)CC(=O)c1ccc(Br)cc1)Nc1ccccc1. The predicted molar refractivity (Wildman–Crippen MR) is 91.4 cm³/mol. The Hall–Kier alpha value is -1.79. The summed E-state index contributed by atoms with van der Waals surface area (Å²) >= 11 is 3.29. The summed E-state index contributed by atoms with van der Waals surface area (Å²) in [5.74, 6) is -0.965. The first-order valence-electron chi connectivity index (χ1n) is 6.53. The first kappa shape index (κ1) is 16.6. The molecular weight excluding hydrogens is 366 g/mol. The van der Waals surface area contributed by atoms with E-state index in [2.05, 4.69) is 21.2 Å². The molecule has 1 unspecified atom stereocenters. The number of nitrogens with one attached hydrogen (secondary N) is 1. The van der Waals surface area contributed by atoms with Gasteiger partial charge in [0.05, 0.1) is 5.75 Å². The molecule has 0 saturated heterocycles. The molecule has 2 rings (SSSR count). The van der Waals surface area contributed by atoms with Crippen LogP contribution in [0.2, 0.25) is 0 Å². The van der Waals surface area contributed by atoms with Crippen molar-refractivity contribution in [3.8, 4) is 0 Å². The van der Waals surface area contributed by atoms with Crippen LogP contribution in [-0.4, -0.2) is 27.4 Å². The van der Waals surface area contributed by atoms with Crippen molar-refractivity contribution in [3.63, 3.8) is 0 Å². The van der Waals surface area contributed by atoms with E-state index in [0.29, 0.717) is 11.3 Å². The molecule has 6 heteroatoms. The Morgan fingerprint density at radius 3 is 2.23 bits per heavy atom. The van der Waals surface area contributed by atoms with Crippen LogP contribution in [0.25, 0.3) is 0 Å². The van der Waals surface area contributed by atoms with E-state index in [1.165, 1.54) is 0 Å². The standard InChI is InChI=1S/C16H14BrNO3S/c17-13-8-6-12(7-9-13)15(19)10-22(21)11-16(20)18-14-4-2-1-3-5-14/h1-9H,10-11H2,(H,18,20). The van der Waals surface area contributed by atoms with Crippen molar-refractivity contribution in [3.05, 3.63) is 64.6 Å². The number of anilines is 1. The smallest absolute Gasteiger partial charge is 0.237 e. The second-order valence-corrected chi connectivity index (χ2v) is 6.95. The van der Waals surface area contributed by atoms with Crippen LogP contribution in [0.4, 0.5) is 5.69 Å². The minimum atomic E-state index is -1.53. The van der Waals surface area contributed by atoms with Gasteiger partial charge in [-0.1, -0.05) is 46.3 Å². The number of halogens is 1. The van der Waals surface area contributed by atoms with Crippen LogP contribution in [0.15, 0.2) is 59.1 Å². The van der Waals surface area contributed by atoms with Crippen molar-refractivity contribution in [2.24, 2.45) is 0 Å².